The van der Waals surface area contributed by atoms with Gasteiger partial charge in [-0.1, -0.05) is 6.42 Å². The average Bonchev–Trinajstić information content (AvgIpc) is 2.37. The molecule has 0 saturated carbocycles. The SMILES string of the molecule is Cc1cc(NCC2CCCCN2C)cc([N+](=O)[O-])c1. The molecule has 1 atom stereocenters. The zero-order valence-electron chi connectivity index (χ0n) is 11.6. The van der Waals surface area contributed by atoms with Crippen LogP contribution in [0, 0.1) is 17.0 Å². The molecule has 1 unspecified atom stereocenters. The standard InChI is InChI=1S/C14H21N3O2/c1-11-7-12(9-14(8-11)17(18)19)15-10-13-5-3-4-6-16(13)2/h7-9,13,15H,3-6,10H2,1-2H3. The molecule has 104 valence electrons. The number of hydrogen-bond acceptors (Lipinski definition) is 4. The van der Waals surface area contributed by atoms with Crippen LogP contribution in [0.5, 0.6) is 0 Å². The van der Waals surface area contributed by atoms with E-state index in [1.165, 1.54) is 19.3 Å². The minimum atomic E-state index is -0.342. The van der Waals surface area contributed by atoms with Gasteiger partial charge in [0.05, 0.1) is 4.92 Å². The number of aryl methyl sites for hydroxylation is 1. The molecule has 1 heterocycles. The molecule has 1 aromatic rings. The lowest BCUT2D eigenvalue weighted by atomic mass is 10.0. The lowest BCUT2D eigenvalue weighted by Gasteiger charge is -2.32. The molecular formula is C14H21N3O2. The van der Waals surface area contributed by atoms with E-state index < -0.39 is 0 Å². The third-order valence-electron chi connectivity index (χ3n) is 3.74. The summed E-state index contributed by atoms with van der Waals surface area (Å²) >= 11 is 0. The Hall–Kier alpha value is -1.62. The number of nitro groups is 1. The summed E-state index contributed by atoms with van der Waals surface area (Å²) in [5.41, 5.74) is 1.90. The summed E-state index contributed by atoms with van der Waals surface area (Å²) in [5, 5.41) is 14.2. The van der Waals surface area contributed by atoms with E-state index in [1.807, 2.05) is 13.0 Å². The molecule has 2 rings (SSSR count). The van der Waals surface area contributed by atoms with Gasteiger partial charge in [0, 0.05) is 30.4 Å². The van der Waals surface area contributed by atoms with Gasteiger partial charge < -0.3 is 10.2 Å². The van der Waals surface area contributed by atoms with Gasteiger partial charge in [0.15, 0.2) is 0 Å². The molecule has 19 heavy (non-hydrogen) atoms. The molecule has 0 amide bonds. The fraction of sp³-hybridized carbons (Fsp3) is 0.571. The highest BCUT2D eigenvalue weighted by Crippen LogP contribution is 2.21. The predicted octanol–water partition coefficient (Wildman–Crippen LogP) is 2.80. The van der Waals surface area contributed by atoms with Crippen LogP contribution in [0.3, 0.4) is 0 Å². The fourth-order valence-corrected chi connectivity index (χ4v) is 2.61. The second-order valence-electron chi connectivity index (χ2n) is 5.33. The normalized spacial score (nSPS) is 20.2. The van der Waals surface area contributed by atoms with E-state index in [-0.39, 0.29) is 10.6 Å². The highest BCUT2D eigenvalue weighted by molar-refractivity contribution is 5.53. The fourth-order valence-electron chi connectivity index (χ4n) is 2.61. The van der Waals surface area contributed by atoms with Gasteiger partial charge in [-0.05, 0) is 45.0 Å². The predicted molar refractivity (Wildman–Crippen MR) is 76.6 cm³/mol. The Kier molecular flexibility index (Phi) is 4.37. The second-order valence-corrected chi connectivity index (χ2v) is 5.33. The molecule has 0 spiro atoms. The van der Waals surface area contributed by atoms with Gasteiger partial charge in [-0.2, -0.15) is 0 Å². The van der Waals surface area contributed by atoms with Crippen LogP contribution < -0.4 is 5.32 Å². The quantitative estimate of drug-likeness (QED) is 0.670. The molecule has 0 aliphatic carbocycles. The van der Waals surface area contributed by atoms with E-state index in [2.05, 4.69) is 17.3 Å². The Labute approximate surface area is 113 Å². The van der Waals surface area contributed by atoms with Crippen molar-refractivity contribution in [3.8, 4) is 0 Å². The third kappa shape index (κ3) is 3.67. The molecule has 5 heteroatoms. The summed E-state index contributed by atoms with van der Waals surface area (Å²) in [4.78, 5) is 12.9. The first kappa shape index (κ1) is 13.8. The number of anilines is 1. The minimum Gasteiger partial charge on any atom is -0.383 e. The van der Waals surface area contributed by atoms with E-state index in [9.17, 15) is 10.1 Å². The van der Waals surface area contributed by atoms with Crippen molar-refractivity contribution in [1.82, 2.24) is 4.90 Å². The van der Waals surface area contributed by atoms with Crippen LogP contribution in [-0.2, 0) is 0 Å². The van der Waals surface area contributed by atoms with E-state index in [1.54, 1.807) is 12.1 Å². The summed E-state index contributed by atoms with van der Waals surface area (Å²) in [6.07, 6.45) is 3.73. The van der Waals surface area contributed by atoms with Gasteiger partial charge in [0.1, 0.15) is 0 Å². The molecule has 1 aliphatic rings. The van der Waals surface area contributed by atoms with Gasteiger partial charge in [-0.3, -0.25) is 10.1 Å². The van der Waals surface area contributed by atoms with Gasteiger partial charge in [-0.25, -0.2) is 0 Å². The van der Waals surface area contributed by atoms with Crippen LogP contribution in [0.25, 0.3) is 0 Å². The van der Waals surface area contributed by atoms with Crippen LogP contribution in [0.4, 0.5) is 11.4 Å². The molecule has 0 radical (unpaired) electrons. The summed E-state index contributed by atoms with van der Waals surface area (Å²) < 4.78 is 0. The van der Waals surface area contributed by atoms with Crippen LogP contribution in [0.15, 0.2) is 18.2 Å². The molecule has 1 aromatic carbocycles. The molecule has 1 fully saturated rings. The molecule has 0 aromatic heterocycles. The zero-order valence-corrected chi connectivity index (χ0v) is 11.6. The van der Waals surface area contributed by atoms with Crippen LogP contribution >= 0.6 is 0 Å². The van der Waals surface area contributed by atoms with E-state index in [0.717, 1.165) is 24.3 Å². The second kappa shape index (κ2) is 6.02. The van der Waals surface area contributed by atoms with Gasteiger partial charge in [0.25, 0.3) is 5.69 Å². The average molecular weight is 263 g/mol. The van der Waals surface area contributed by atoms with E-state index in [0.29, 0.717) is 6.04 Å². The number of nitrogens with zero attached hydrogens (tertiary/aromatic N) is 2. The number of non-ortho nitro benzene ring substituents is 1. The minimum absolute atomic E-state index is 0.152. The first-order chi connectivity index (χ1) is 9.06. The number of likely N-dealkylation sites (N-methyl/N-ethyl adjacent to an activating group) is 1. The van der Waals surface area contributed by atoms with Crippen molar-refractivity contribution in [2.75, 3.05) is 25.5 Å². The number of nitro benzene ring substituents is 1. The Morgan fingerprint density at radius 1 is 1.42 bits per heavy atom. The lowest BCUT2D eigenvalue weighted by Crippen LogP contribution is -2.40. The maximum absolute atomic E-state index is 10.8. The zero-order chi connectivity index (χ0) is 13.8. The van der Waals surface area contributed by atoms with Gasteiger partial charge in [-0.15, -0.1) is 0 Å². The Balaban J connectivity index is 2.00. The largest absolute Gasteiger partial charge is 0.383 e. The third-order valence-corrected chi connectivity index (χ3v) is 3.74. The molecular weight excluding hydrogens is 242 g/mol. The Morgan fingerprint density at radius 3 is 2.89 bits per heavy atom. The van der Waals surface area contributed by atoms with Crippen molar-refractivity contribution < 1.29 is 4.92 Å². The number of nitrogens with one attached hydrogen (secondary N) is 1. The topological polar surface area (TPSA) is 58.4 Å². The summed E-state index contributed by atoms with van der Waals surface area (Å²) in [6.45, 7) is 3.86. The maximum atomic E-state index is 10.8. The van der Waals surface area contributed by atoms with Gasteiger partial charge >= 0.3 is 0 Å². The highest BCUT2D eigenvalue weighted by Gasteiger charge is 2.18. The van der Waals surface area contributed by atoms with Crippen molar-refractivity contribution in [3.63, 3.8) is 0 Å². The maximum Gasteiger partial charge on any atom is 0.271 e. The Morgan fingerprint density at radius 2 is 2.21 bits per heavy atom. The highest BCUT2D eigenvalue weighted by atomic mass is 16.6. The Bertz CT molecular complexity index is 462. The monoisotopic (exact) mass is 263 g/mol. The molecule has 5 nitrogen and oxygen atoms in total. The van der Waals surface area contributed by atoms with Crippen molar-refractivity contribution in [1.29, 1.82) is 0 Å². The summed E-state index contributed by atoms with van der Waals surface area (Å²) in [7, 11) is 2.14. The molecule has 1 saturated heterocycles. The van der Waals surface area contributed by atoms with Gasteiger partial charge in [0.2, 0.25) is 0 Å². The number of rotatable bonds is 4. The van der Waals surface area contributed by atoms with Crippen molar-refractivity contribution in [2.24, 2.45) is 0 Å². The van der Waals surface area contributed by atoms with Crippen LogP contribution in [0.2, 0.25) is 0 Å². The first-order valence-electron chi connectivity index (χ1n) is 6.76. The van der Waals surface area contributed by atoms with Crippen molar-refractivity contribution >= 4 is 11.4 Å². The number of benzene rings is 1. The molecule has 0 bridgehead atoms. The summed E-state index contributed by atoms with van der Waals surface area (Å²) in [5.74, 6) is 0. The van der Waals surface area contributed by atoms with E-state index >= 15 is 0 Å². The van der Waals surface area contributed by atoms with Crippen molar-refractivity contribution in [3.05, 3.63) is 33.9 Å². The lowest BCUT2D eigenvalue weighted by molar-refractivity contribution is -0.384. The summed E-state index contributed by atoms with van der Waals surface area (Å²) in [6, 6.07) is 5.68. The molecule has 1 aliphatic heterocycles. The van der Waals surface area contributed by atoms with Crippen LogP contribution in [0.1, 0.15) is 24.8 Å². The number of hydrogen-bond donors (Lipinski definition) is 1. The van der Waals surface area contributed by atoms with E-state index in [4.69, 9.17) is 0 Å². The molecule has 1 N–H and O–H groups in total. The number of piperidine rings is 1. The number of likely N-dealkylation sites (tertiary alicyclic amines) is 1. The smallest absolute Gasteiger partial charge is 0.271 e. The first-order valence-corrected chi connectivity index (χ1v) is 6.76. The van der Waals surface area contributed by atoms with Crippen LogP contribution in [-0.4, -0.2) is 36.0 Å². The van der Waals surface area contributed by atoms with Crippen molar-refractivity contribution in [2.45, 2.75) is 32.2 Å².